The van der Waals surface area contributed by atoms with Crippen molar-refractivity contribution < 1.29 is 4.79 Å². The third-order valence-electron chi connectivity index (χ3n) is 2.98. The molecule has 0 saturated heterocycles. The van der Waals surface area contributed by atoms with Gasteiger partial charge >= 0.3 is 0 Å². The molecule has 0 saturated carbocycles. The van der Waals surface area contributed by atoms with Crippen molar-refractivity contribution in [3.05, 3.63) is 53.1 Å². The zero-order valence-electron chi connectivity index (χ0n) is 11.0. The van der Waals surface area contributed by atoms with Crippen LogP contribution >= 0.6 is 0 Å². The van der Waals surface area contributed by atoms with E-state index in [1.54, 1.807) is 24.3 Å². The van der Waals surface area contributed by atoms with E-state index in [0.29, 0.717) is 22.6 Å². The summed E-state index contributed by atoms with van der Waals surface area (Å²) in [5.74, 6) is -0.587. The molecule has 5 N–H and O–H groups in total. The highest BCUT2D eigenvalue weighted by molar-refractivity contribution is 5.99. The molecule has 0 aromatic heterocycles. The van der Waals surface area contributed by atoms with Gasteiger partial charge in [-0.3, -0.25) is 4.79 Å². The first kappa shape index (κ1) is 13.4. The Morgan fingerprint density at radius 2 is 2.05 bits per heavy atom. The molecule has 1 amide bonds. The largest absolute Gasteiger partial charge is 0.398 e. The molecule has 0 atom stereocenters. The summed E-state index contributed by atoms with van der Waals surface area (Å²) in [7, 11) is 0. The standard InChI is InChI=1S/C15H14N4O/c1-9-3-2-4-14(12(9)8-16)19-10-5-6-13(17)11(7-10)15(18)20/h2-7,19H,17H2,1H3,(H2,18,20). The van der Waals surface area contributed by atoms with E-state index in [4.69, 9.17) is 11.5 Å². The maximum atomic E-state index is 11.3. The quantitative estimate of drug-likeness (QED) is 0.741. The summed E-state index contributed by atoms with van der Waals surface area (Å²) in [5.41, 5.74) is 14.3. The second-order valence-electron chi connectivity index (χ2n) is 4.40. The molecule has 5 heteroatoms. The number of nitrogens with two attached hydrogens (primary N) is 2. The molecular formula is C15H14N4O. The fourth-order valence-corrected chi connectivity index (χ4v) is 1.92. The highest BCUT2D eigenvalue weighted by atomic mass is 16.1. The fraction of sp³-hybridized carbons (Fsp3) is 0.0667. The average molecular weight is 266 g/mol. The highest BCUT2D eigenvalue weighted by Crippen LogP contribution is 2.25. The Morgan fingerprint density at radius 3 is 2.70 bits per heavy atom. The SMILES string of the molecule is Cc1cccc(Nc2ccc(N)c(C(N)=O)c2)c1C#N. The van der Waals surface area contributed by atoms with Crippen molar-refractivity contribution in [2.75, 3.05) is 11.1 Å². The van der Waals surface area contributed by atoms with Crippen molar-refractivity contribution in [1.82, 2.24) is 0 Å². The summed E-state index contributed by atoms with van der Waals surface area (Å²) in [6, 6.07) is 12.6. The van der Waals surface area contributed by atoms with E-state index in [9.17, 15) is 10.1 Å². The summed E-state index contributed by atoms with van der Waals surface area (Å²) in [5, 5.41) is 12.3. The highest BCUT2D eigenvalue weighted by Gasteiger charge is 2.09. The molecule has 2 aromatic rings. The van der Waals surface area contributed by atoms with Crippen LogP contribution in [0, 0.1) is 18.3 Å². The van der Waals surface area contributed by atoms with Crippen LogP contribution in [0.3, 0.4) is 0 Å². The second-order valence-corrected chi connectivity index (χ2v) is 4.40. The van der Waals surface area contributed by atoms with Crippen LogP contribution in [-0.4, -0.2) is 5.91 Å². The van der Waals surface area contributed by atoms with Crippen molar-refractivity contribution in [1.29, 1.82) is 5.26 Å². The van der Waals surface area contributed by atoms with E-state index in [0.717, 1.165) is 5.56 Å². The number of hydrogen-bond donors (Lipinski definition) is 3. The number of nitrogens with zero attached hydrogens (tertiary/aromatic N) is 1. The molecule has 0 bridgehead atoms. The molecule has 0 heterocycles. The van der Waals surface area contributed by atoms with Crippen LogP contribution in [0.15, 0.2) is 36.4 Å². The number of primary amides is 1. The van der Waals surface area contributed by atoms with Crippen LogP contribution in [-0.2, 0) is 0 Å². The first-order valence-corrected chi connectivity index (χ1v) is 5.99. The Bertz CT molecular complexity index is 716. The van der Waals surface area contributed by atoms with Crippen molar-refractivity contribution in [2.24, 2.45) is 5.73 Å². The Balaban J connectivity index is 2.41. The summed E-state index contributed by atoms with van der Waals surface area (Å²) in [6.45, 7) is 1.86. The van der Waals surface area contributed by atoms with Gasteiger partial charge in [-0.2, -0.15) is 5.26 Å². The molecule has 0 aliphatic rings. The summed E-state index contributed by atoms with van der Waals surface area (Å²) >= 11 is 0. The molecule has 5 nitrogen and oxygen atoms in total. The average Bonchev–Trinajstić information content (AvgIpc) is 2.41. The lowest BCUT2D eigenvalue weighted by Gasteiger charge is -2.11. The molecule has 2 rings (SSSR count). The number of carbonyl (C=O) groups excluding carboxylic acids is 1. The minimum Gasteiger partial charge on any atom is -0.398 e. The first-order chi connectivity index (χ1) is 9.52. The second kappa shape index (κ2) is 5.33. The zero-order chi connectivity index (χ0) is 14.7. The molecular weight excluding hydrogens is 252 g/mol. The third-order valence-corrected chi connectivity index (χ3v) is 2.98. The number of nitrogens with one attached hydrogen (secondary N) is 1. The van der Waals surface area contributed by atoms with Gasteiger partial charge in [0, 0.05) is 11.4 Å². The van der Waals surface area contributed by atoms with Crippen LogP contribution in [0.2, 0.25) is 0 Å². The summed E-state index contributed by atoms with van der Waals surface area (Å²) < 4.78 is 0. The van der Waals surface area contributed by atoms with Crippen molar-refractivity contribution in [3.63, 3.8) is 0 Å². The number of aryl methyl sites for hydroxylation is 1. The zero-order valence-corrected chi connectivity index (χ0v) is 11.0. The summed E-state index contributed by atoms with van der Waals surface area (Å²) in [4.78, 5) is 11.3. The Hall–Kier alpha value is -3.00. The lowest BCUT2D eigenvalue weighted by Crippen LogP contribution is -2.13. The van der Waals surface area contributed by atoms with Gasteiger partial charge in [0.1, 0.15) is 6.07 Å². The van der Waals surface area contributed by atoms with E-state index >= 15 is 0 Å². The fourth-order valence-electron chi connectivity index (χ4n) is 1.92. The van der Waals surface area contributed by atoms with Crippen LogP contribution in [0.25, 0.3) is 0 Å². The van der Waals surface area contributed by atoms with Gasteiger partial charge in [-0.1, -0.05) is 12.1 Å². The van der Waals surface area contributed by atoms with E-state index < -0.39 is 5.91 Å². The van der Waals surface area contributed by atoms with Gasteiger partial charge in [-0.15, -0.1) is 0 Å². The van der Waals surface area contributed by atoms with Gasteiger partial charge in [0.05, 0.1) is 16.8 Å². The van der Waals surface area contributed by atoms with Crippen LogP contribution in [0.1, 0.15) is 21.5 Å². The first-order valence-electron chi connectivity index (χ1n) is 5.99. The van der Waals surface area contributed by atoms with Crippen LogP contribution < -0.4 is 16.8 Å². The molecule has 0 fully saturated rings. The lowest BCUT2D eigenvalue weighted by atomic mass is 10.1. The van der Waals surface area contributed by atoms with Gasteiger partial charge in [0.25, 0.3) is 5.91 Å². The number of rotatable bonds is 3. The molecule has 0 spiro atoms. The maximum Gasteiger partial charge on any atom is 0.250 e. The molecule has 0 aliphatic heterocycles. The number of anilines is 3. The summed E-state index contributed by atoms with van der Waals surface area (Å²) in [6.07, 6.45) is 0. The van der Waals surface area contributed by atoms with Crippen LogP contribution in [0.5, 0.6) is 0 Å². The van der Waals surface area contributed by atoms with Crippen molar-refractivity contribution >= 4 is 23.0 Å². The van der Waals surface area contributed by atoms with Crippen molar-refractivity contribution in [3.8, 4) is 6.07 Å². The van der Waals surface area contributed by atoms with Gasteiger partial charge < -0.3 is 16.8 Å². The van der Waals surface area contributed by atoms with Crippen LogP contribution in [0.4, 0.5) is 17.1 Å². The Kier molecular flexibility index (Phi) is 3.58. The maximum absolute atomic E-state index is 11.3. The molecule has 100 valence electrons. The van der Waals surface area contributed by atoms with E-state index in [1.807, 2.05) is 19.1 Å². The van der Waals surface area contributed by atoms with E-state index in [-0.39, 0.29) is 5.56 Å². The molecule has 2 aromatic carbocycles. The van der Waals surface area contributed by atoms with Gasteiger partial charge in [0.15, 0.2) is 0 Å². The predicted molar refractivity (Wildman–Crippen MR) is 78.5 cm³/mol. The third kappa shape index (κ3) is 2.54. The topological polar surface area (TPSA) is 105 Å². The molecule has 0 radical (unpaired) electrons. The van der Waals surface area contributed by atoms with Gasteiger partial charge in [-0.05, 0) is 36.8 Å². The van der Waals surface area contributed by atoms with E-state index in [2.05, 4.69) is 11.4 Å². The predicted octanol–water partition coefficient (Wildman–Crippen LogP) is 2.29. The minimum absolute atomic E-state index is 0.251. The smallest absolute Gasteiger partial charge is 0.250 e. The normalized spacial score (nSPS) is 9.80. The number of amides is 1. The Labute approximate surface area is 116 Å². The number of benzene rings is 2. The van der Waals surface area contributed by atoms with Gasteiger partial charge in [-0.25, -0.2) is 0 Å². The number of nitriles is 1. The Morgan fingerprint density at radius 1 is 1.30 bits per heavy atom. The lowest BCUT2D eigenvalue weighted by molar-refractivity contribution is 0.100. The molecule has 20 heavy (non-hydrogen) atoms. The number of hydrogen-bond acceptors (Lipinski definition) is 4. The van der Waals surface area contributed by atoms with E-state index in [1.165, 1.54) is 0 Å². The number of nitrogen functional groups attached to an aromatic ring is 1. The minimum atomic E-state index is -0.587. The van der Waals surface area contributed by atoms with Gasteiger partial charge in [0.2, 0.25) is 0 Å². The molecule has 0 unspecified atom stereocenters. The molecule has 0 aliphatic carbocycles. The monoisotopic (exact) mass is 266 g/mol. The van der Waals surface area contributed by atoms with Crippen molar-refractivity contribution in [2.45, 2.75) is 6.92 Å². The number of carbonyl (C=O) groups is 1.